The van der Waals surface area contributed by atoms with Gasteiger partial charge in [0.05, 0.1) is 30.5 Å². The molecule has 1 fully saturated rings. The third-order valence-electron chi connectivity index (χ3n) is 5.01. The maximum absolute atomic E-state index is 13.6. The van der Waals surface area contributed by atoms with Gasteiger partial charge in [0.1, 0.15) is 5.82 Å². The summed E-state index contributed by atoms with van der Waals surface area (Å²) in [6.07, 6.45) is 3.03. The average Bonchev–Trinajstić information content (AvgIpc) is 3.30. The van der Waals surface area contributed by atoms with Crippen LogP contribution in [0.25, 0.3) is 22.4 Å². The summed E-state index contributed by atoms with van der Waals surface area (Å²) in [5.74, 6) is 0.596. The van der Waals surface area contributed by atoms with Crippen molar-refractivity contribution < 1.29 is 13.9 Å². The second-order valence-electron chi connectivity index (χ2n) is 7.10. The van der Waals surface area contributed by atoms with Crippen LogP contribution in [0, 0.1) is 5.95 Å². The van der Waals surface area contributed by atoms with E-state index in [4.69, 9.17) is 9.72 Å². The molecular weight excluding hydrogens is 415 g/mol. The number of halogens is 1. The summed E-state index contributed by atoms with van der Waals surface area (Å²) in [6.45, 7) is 2.77. The van der Waals surface area contributed by atoms with E-state index in [2.05, 4.69) is 35.7 Å². The number of nitrogens with zero attached hydrogens (tertiary/aromatic N) is 5. The number of carbonyl (C=O) groups is 1. The maximum atomic E-state index is 13.6. The van der Waals surface area contributed by atoms with E-state index in [1.54, 1.807) is 30.5 Å². The van der Waals surface area contributed by atoms with Crippen LogP contribution >= 0.6 is 0 Å². The van der Waals surface area contributed by atoms with Gasteiger partial charge in [-0.3, -0.25) is 5.10 Å². The number of nitrogens with one attached hydrogen (secondary N) is 3. The number of urea groups is 1. The van der Waals surface area contributed by atoms with Crippen LogP contribution in [-0.4, -0.2) is 57.5 Å². The molecule has 5 rings (SSSR count). The molecule has 10 nitrogen and oxygen atoms in total. The van der Waals surface area contributed by atoms with Gasteiger partial charge in [-0.15, -0.1) is 0 Å². The quantitative estimate of drug-likeness (QED) is 0.422. The monoisotopic (exact) mass is 434 g/mol. The Morgan fingerprint density at radius 2 is 1.91 bits per heavy atom. The van der Waals surface area contributed by atoms with Gasteiger partial charge < -0.3 is 20.3 Å². The Kier molecular flexibility index (Phi) is 5.30. The molecule has 4 heterocycles. The Morgan fingerprint density at radius 1 is 1.09 bits per heavy atom. The number of pyridine rings is 1. The number of H-pyrrole nitrogens is 1. The van der Waals surface area contributed by atoms with Crippen molar-refractivity contribution in [1.29, 1.82) is 0 Å². The molecule has 0 bridgehead atoms. The Labute approximate surface area is 181 Å². The highest BCUT2D eigenvalue weighted by molar-refractivity contribution is 5.99. The Hall–Kier alpha value is -4.12. The number of anilines is 3. The summed E-state index contributed by atoms with van der Waals surface area (Å²) >= 11 is 0. The van der Waals surface area contributed by atoms with Gasteiger partial charge in [0.2, 0.25) is 5.95 Å². The number of aromatic amines is 1. The molecule has 4 aromatic rings. The number of amides is 2. The first-order valence-electron chi connectivity index (χ1n) is 10.00. The van der Waals surface area contributed by atoms with Crippen molar-refractivity contribution in [1.82, 2.24) is 25.1 Å². The number of rotatable bonds is 4. The van der Waals surface area contributed by atoms with Crippen molar-refractivity contribution in [2.45, 2.75) is 0 Å². The standard InChI is InChI=1S/C21H19FN8O2/c22-17-16(2-1-7-23-17)26-21(31)25-14-5-3-13(4-6-14)18-27-19-15(12-24-29-19)20(28-18)30-8-10-32-11-9-30/h1-7,12H,8-11H2,(H2,25,26,31)(H,24,27,28,29). The molecule has 0 aliphatic carbocycles. The third kappa shape index (κ3) is 4.05. The minimum Gasteiger partial charge on any atom is -0.378 e. The Balaban J connectivity index is 1.35. The minimum atomic E-state index is -0.750. The van der Waals surface area contributed by atoms with Gasteiger partial charge in [0.25, 0.3) is 0 Å². The molecule has 162 valence electrons. The molecule has 32 heavy (non-hydrogen) atoms. The first kappa shape index (κ1) is 19.8. The van der Waals surface area contributed by atoms with E-state index in [1.165, 1.54) is 18.3 Å². The van der Waals surface area contributed by atoms with Gasteiger partial charge in [-0.05, 0) is 36.4 Å². The topological polar surface area (TPSA) is 121 Å². The molecule has 1 aliphatic heterocycles. The first-order chi connectivity index (χ1) is 15.7. The summed E-state index contributed by atoms with van der Waals surface area (Å²) < 4.78 is 19.0. The van der Waals surface area contributed by atoms with E-state index in [-0.39, 0.29) is 5.69 Å². The number of ether oxygens (including phenoxy) is 1. The van der Waals surface area contributed by atoms with Crippen LogP contribution < -0.4 is 15.5 Å². The summed E-state index contributed by atoms with van der Waals surface area (Å²) in [5, 5.41) is 13.0. The number of morpholine rings is 1. The number of hydrogen-bond acceptors (Lipinski definition) is 7. The highest BCUT2D eigenvalue weighted by Gasteiger charge is 2.19. The normalized spacial score (nSPS) is 13.8. The van der Waals surface area contributed by atoms with Crippen molar-refractivity contribution in [3.63, 3.8) is 0 Å². The summed E-state index contributed by atoms with van der Waals surface area (Å²) in [5.41, 5.74) is 1.96. The predicted octanol–water partition coefficient (Wildman–Crippen LogP) is 3.03. The third-order valence-corrected chi connectivity index (χ3v) is 5.01. The summed E-state index contributed by atoms with van der Waals surface area (Å²) in [4.78, 5) is 27.2. The van der Waals surface area contributed by atoms with Gasteiger partial charge in [-0.2, -0.15) is 9.49 Å². The van der Waals surface area contributed by atoms with E-state index in [1.807, 2.05) is 0 Å². The van der Waals surface area contributed by atoms with Crippen LogP contribution in [0.4, 0.5) is 26.4 Å². The number of carbonyl (C=O) groups excluding carboxylic acids is 1. The molecule has 0 atom stereocenters. The van der Waals surface area contributed by atoms with E-state index < -0.39 is 12.0 Å². The lowest BCUT2D eigenvalue weighted by Gasteiger charge is -2.28. The van der Waals surface area contributed by atoms with Gasteiger partial charge in [-0.25, -0.2) is 19.7 Å². The van der Waals surface area contributed by atoms with Crippen LogP contribution in [0.5, 0.6) is 0 Å². The second-order valence-corrected chi connectivity index (χ2v) is 7.10. The fourth-order valence-electron chi connectivity index (χ4n) is 3.43. The van der Waals surface area contributed by atoms with E-state index in [0.29, 0.717) is 30.4 Å². The molecule has 1 aromatic carbocycles. The predicted molar refractivity (Wildman–Crippen MR) is 117 cm³/mol. The van der Waals surface area contributed by atoms with Gasteiger partial charge in [0.15, 0.2) is 11.5 Å². The molecule has 0 spiro atoms. The van der Waals surface area contributed by atoms with Crippen LogP contribution in [0.2, 0.25) is 0 Å². The van der Waals surface area contributed by atoms with Gasteiger partial charge in [-0.1, -0.05) is 0 Å². The Morgan fingerprint density at radius 3 is 2.69 bits per heavy atom. The largest absolute Gasteiger partial charge is 0.378 e. The molecule has 1 aliphatic rings. The van der Waals surface area contributed by atoms with Crippen molar-refractivity contribution in [2.24, 2.45) is 0 Å². The maximum Gasteiger partial charge on any atom is 0.323 e. The van der Waals surface area contributed by atoms with Gasteiger partial charge >= 0.3 is 6.03 Å². The molecule has 3 N–H and O–H groups in total. The number of hydrogen-bond donors (Lipinski definition) is 3. The number of fused-ring (bicyclic) bond motifs is 1. The number of benzene rings is 1. The van der Waals surface area contributed by atoms with E-state index in [0.717, 1.165) is 29.9 Å². The van der Waals surface area contributed by atoms with Crippen LogP contribution in [0.15, 0.2) is 48.8 Å². The van der Waals surface area contributed by atoms with Crippen LogP contribution in [0.3, 0.4) is 0 Å². The van der Waals surface area contributed by atoms with Crippen molar-refractivity contribution in [3.8, 4) is 11.4 Å². The second kappa shape index (κ2) is 8.55. The molecule has 0 unspecified atom stereocenters. The highest BCUT2D eigenvalue weighted by atomic mass is 19.1. The fourth-order valence-corrected chi connectivity index (χ4v) is 3.43. The average molecular weight is 434 g/mol. The molecule has 1 saturated heterocycles. The lowest BCUT2D eigenvalue weighted by molar-refractivity contribution is 0.122. The van der Waals surface area contributed by atoms with Crippen LogP contribution in [-0.2, 0) is 4.74 Å². The zero-order valence-electron chi connectivity index (χ0n) is 16.9. The summed E-state index contributed by atoms with van der Waals surface area (Å²) in [7, 11) is 0. The molecule has 11 heteroatoms. The Bertz CT molecular complexity index is 1250. The molecule has 3 aromatic heterocycles. The van der Waals surface area contributed by atoms with E-state index >= 15 is 0 Å². The lowest BCUT2D eigenvalue weighted by atomic mass is 10.2. The molecule has 0 radical (unpaired) electrons. The van der Waals surface area contributed by atoms with E-state index in [9.17, 15) is 9.18 Å². The fraction of sp³-hybridized carbons (Fsp3) is 0.190. The zero-order chi connectivity index (χ0) is 21.9. The molecule has 0 saturated carbocycles. The SMILES string of the molecule is O=C(Nc1ccc(-c2nc(N3CCOCC3)c3cn[nH]c3n2)cc1)Nc1cccnc1F. The van der Waals surface area contributed by atoms with Crippen molar-refractivity contribution in [2.75, 3.05) is 41.8 Å². The van der Waals surface area contributed by atoms with Gasteiger partial charge in [0, 0.05) is 30.5 Å². The van der Waals surface area contributed by atoms with Crippen molar-refractivity contribution >= 4 is 34.3 Å². The first-order valence-corrected chi connectivity index (χ1v) is 10.00. The van der Waals surface area contributed by atoms with Crippen molar-refractivity contribution in [3.05, 3.63) is 54.7 Å². The smallest absolute Gasteiger partial charge is 0.323 e. The van der Waals surface area contributed by atoms with Crippen LogP contribution in [0.1, 0.15) is 0 Å². The number of aromatic nitrogens is 5. The molecule has 2 amide bonds. The highest BCUT2D eigenvalue weighted by Crippen LogP contribution is 2.27. The lowest BCUT2D eigenvalue weighted by Crippen LogP contribution is -2.37. The summed E-state index contributed by atoms with van der Waals surface area (Å²) in [6, 6.07) is 9.46. The molecular formula is C21H19FN8O2. The minimum absolute atomic E-state index is 0.00137. The zero-order valence-corrected chi connectivity index (χ0v) is 16.9.